The van der Waals surface area contributed by atoms with Crippen molar-refractivity contribution < 1.29 is 19.4 Å². The first-order chi connectivity index (χ1) is 11.4. The lowest BCUT2D eigenvalue weighted by Crippen LogP contribution is -2.58. The van der Waals surface area contributed by atoms with Crippen molar-refractivity contribution in [2.45, 2.75) is 44.9 Å². The van der Waals surface area contributed by atoms with Gasteiger partial charge in [0.2, 0.25) is 0 Å². The lowest BCUT2D eigenvalue weighted by molar-refractivity contribution is -0.157. The quantitative estimate of drug-likeness (QED) is 0.791. The molecule has 1 atom stereocenters. The second-order valence-corrected chi connectivity index (χ2v) is 6.55. The number of nitrogens with zero attached hydrogens (tertiary/aromatic N) is 1. The number of rotatable bonds is 7. The highest BCUT2D eigenvalue weighted by atomic mass is 16.5. The summed E-state index contributed by atoms with van der Waals surface area (Å²) >= 11 is 0. The molecule has 1 aliphatic rings. The third kappa shape index (κ3) is 3.99. The molecule has 0 aromatic heterocycles. The fraction of sp³-hybridized carbons (Fsp3) is 0.611. The smallest absolute Gasteiger partial charge is 0.256 e. The maximum absolute atomic E-state index is 12.8. The molecule has 0 aliphatic carbocycles. The zero-order chi connectivity index (χ0) is 17.7. The van der Waals surface area contributed by atoms with Crippen LogP contribution < -0.4 is 14.8 Å². The molecular formula is C18H28N2O4. The Labute approximate surface area is 143 Å². The van der Waals surface area contributed by atoms with Gasteiger partial charge in [-0.15, -0.1) is 0 Å². The molecule has 1 fully saturated rings. The normalized spacial score (nSPS) is 21.2. The molecule has 1 aromatic rings. The third-order valence-electron chi connectivity index (χ3n) is 4.35. The van der Waals surface area contributed by atoms with E-state index in [9.17, 15) is 9.90 Å². The Morgan fingerprint density at radius 1 is 1.33 bits per heavy atom. The SMILES string of the molecule is COc1cccc(CN2CCC[C@](O)(CNC(C)C)C2=O)c1OC. The van der Waals surface area contributed by atoms with Crippen LogP contribution in [0.3, 0.4) is 0 Å². The van der Waals surface area contributed by atoms with Crippen LogP contribution in [0.25, 0.3) is 0 Å². The van der Waals surface area contributed by atoms with Crippen molar-refractivity contribution in [2.24, 2.45) is 0 Å². The molecule has 6 nitrogen and oxygen atoms in total. The van der Waals surface area contributed by atoms with Gasteiger partial charge in [-0.25, -0.2) is 0 Å². The van der Waals surface area contributed by atoms with Crippen LogP contribution >= 0.6 is 0 Å². The van der Waals surface area contributed by atoms with Gasteiger partial charge >= 0.3 is 0 Å². The van der Waals surface area contributed by atoms with Crippen molar-refractivity contribution in [1.82, 2.24) is 10.2 Å². The van der Waals surface area contributed by atoms with Crippen molar-refractivity contribution in [3.05, 3.63) is 23.8 Å². The number of carbonyl (C=O) groups is 1. The van der Waals surface area contributed by atoms with E-state index in [2.05, 4.69) is 5.32 Å². The first-order valence-electron chi connectivity index (χ1n) is 8.36. The Hall–Kier alpha value is -1.79. The molecule has 0 bridgehead atoms. The van der Waals surface area contributed by atoms with E-state index in [0.29, 0.717) is 31.0 Å². The first-order valence-corrected chi connectivity index (χ1v) is 8.36. The van der Waals surface area contributed by atoms with Gasteiger partial charge in [-0.05, 0) is 18.9 Å². The molecule has 2 rings (SSSR count). The molecule has 0 spiro atoms. The number of piperidine rings is 1. The number of likely N-dealkylation sites (tertiary alicyclic amines) is 1. The van der Waals surface area contributed by atoms with Crippen LogP contribution in [0.4, 0.5) is 0 Å². The maximum Gasteiger partial charge on any atom is 0.256 e. The molecule has 0 unspecified atom stereocenters. The summed E-state index contributed by atoms with van der Waals surface area (Å²) in [7, 11) is 3.17. The minimum absolute atomic E-state index is 0.218. The van der Waals surface area contributed by atoms with Gasteiger partial charge in [0.05, 0.1) is 14.2 Å². The van der Waals surface area contributed by atoms with E-state index in [0.717, 1.165) is 12.0 Å². The van der Waals surface area contributed by atoms with Gasteiger partial charge in [0, 0.05) is 31.2 Å². The molecule has 24 heavy (non-hydrogen) atoms. The molecule has 2 N–H and O–H groups in total. The van der Waals surface area contributed by atoms with Crippen molar-refractivity contribution in [3.63, 3.8) is 0 Å². The Morgan fingerprint density at radius 2 is 2.08 bits per heavy atom. The lowest BCUT2D eigenvalue weighted by atomic mass is 9.91. The summed E-state index contributed by atoms with van der Waals surface area (Å²) in [5.41, 5.74) is -0.472. The number of hydrogen-bond acceptors (Lipinski definition) is 5. The molecule has 1 amide bonds. The Morgan fingerprint density at radius 3 is 2.71 bits per heavy atom. The number of aliphatic hydroxyl groups is 1. The van der Waals surface area contributed by atoms with Gasteiger partial charge in [-0.3, -0.25) is 4.79 Å². The summed E-state index contributed by atoms with van der Waals surface area (Å²) in [4.78, 5) is 14.5. The summed E-state index contributed by atoms with van der Waals surface area (Å²) in [6.07, 6.45) is 1.26. The Kier molecular flexibility index (Phi) is 6.07. The number of benzene rings is 1. The van der Waals surface area contributed by atoms with Gasteiger partial charge in [0.1, 0.15) is 0 Å². The van der Waals surface area contributed by atoms with Crippen LogP contribution in [0.5, 0.6) is 11.5 Å². The predicted molar refractivity (Wildman–Crippen MR) is 92.3 cm³/mol. The number of para-hydroxylation sites is 1. The molecule has 134 valence electrons. The van der Waals surface area contributed by atoms with Crippen LogP contribution in [0.2, 0.25) is 0 Å². The average Bonchev–Trinajstić information content (AvgIpc) is 2.57. The van der Waals surface area contributed by atoms with Crippen LogP contribution in [-0.4, -0.2) is 54.9 Å². The van der Waals surface area contributed by atoms with Gasteiger partial charge in [0.15, 0.2) is 17.1 Å². The average molecular weight is 336 g/mol. The highest BCUT2D eigenvalue weighted by Gasteiger charge is 2.42. The van der Waals surface area contributed by atoms with E-state index in [4.69, 9.17) is 9.47 Å². The van der Waals surface area contributed by atoms with E-state index in [-0.39, 0.29) is 18.5 Å². The van der Waals surface area contributed by atoms with Crippen LogP contribution in [0, 0.1) is 0 Å². The standard InChI is InChI=1S/C18H28N2O4/c1-13(2)19-12-18(22)9-6-10-20(17(18)21)11-14-7-5-8-15(23-3)16(14)24-4/h5,7-8,13,19,22H,6,9-12H2,1-4H3/t18-/m0/s1. The number of hydrogen-bond donors (Lipinski definition) is 2. The van der Waals surface area contributed by atoms with Gasteiger partial charge in [-0.1, -0.05) is 26.0 Å². The summed E-state index contributed by atoms with van der Waals surface area (Å²) in [6, 6.07) is 5.82. The molecule has 1 saturated heterocycles. The highest BCUT2D eigenvalue weighted by Crippen LogP contribution is 2.33. The van der Waals surface area contributed by atoms with Crippen molar-refractivity contribution >= 4 is 5.91 Å². The zero-order valence-corrected chi connectivity index (χ0v) is 15.0. The minimum Gasteiger partial charge on any atom is -0.493 e. The number of carbonyl (C=O) groups excluding carboxylic acids is 1. The Balaban J connectivity index is 2.16. The highest BCUT2D eigenvalue weighted by molar-refractivity contribution is 5.86. The van der Waals surface area contributed by atoms with E-state index in [1.165, 1.54) is 0 Å². The maximum atomic E-state index is 12.8. The zero-order valence-electron chi connectivity index (χ0n) is 15.0. The molecule has 1 heterocycles. The van der Waals surface area contributed by atoms with Gasteiger partial charge in [-0.2, -0.15) is 0 Å². The van der Waals surface area contributed by atoms with Gasteiger partial charge < -0.3 is 24.8 Å². The largest absolute Gasteiger partial charge is 0.493 e. The Bertz CT molecular complexity index is 576. The summed E-state index contributed by atoms with van der Waals surface area (Å²) in [6.45, 7) is 5.28. The van der Waals surface area contributed by atoms with E-state index in [1.807, 2.05) is 32.0 Å². The second-order valence-electron chi connectivity index (χ2n) is 6.55. The topological polar surface area (TPSA) is 71.0 Å². The van der Waals surface area contributed by atoms with E-state index < -0.39 is 5.60 Å². The summed E-state index contributed by atoms with van der Waals surface area (Å²) in [5, 5.41) is 13.9. The van der Waals surface area contributed by atoms with Crippen molar-refractivity contribution in [2.75, 3.05) is 27.3 Å². The fourth-order valence-electron chi connectivity index (χ4n) is 3.04. The molecular weight excluding hydrogens is 308 g/mol. The lowest BCUT2D eigenvalue weighted by Gasteiger charge is -2.39. The van der Waals surface area contributed by atoms with Crippen LogP contribution in [0.1, 0.15) is 32.3 Å². The van der Waals surface area contributed by atoms with Crippen LogP contribution in [-0.2, 0) is 11.3 Å². The first kappa shape index (κ1) is 18.5. The molecule has 1 aromatic carbocycles. The van der Waals surface area contributed by atoms with Crippen molar-refractivity contribution in [1.29, 1.82) is 0 Å². The third-order valence-corrected chi connectivity index (χ3v) is 4.35. The summed E-state index contributed by atoms with van der Waals surface area (Å²) in [5.74, 6) is 1.03. The monoisotopic (exact) mass is 336 g/mol. The van der Waals surface area contributed by atoms with Crippen molar-refractivity contribution in [3.8, 4) is 11.5 Å². The number of nitrogens with one attached hydrogen (secondary N) is 1. The predicted octanol–water partition coefficient (Wildman–Crippen LogP) is 1.56. The number of amides is 1. The van der Waals surface area contributed by atoms with Crippen LogP contribution in [0.15, 0.2) is 18.2 Å². The summed E-state index contributed by atoms with van der Waals surface area (Å²) < 4.78 is 10.7. The molecule has 0 radical (unpaired) electrons. The molecule has 1 aliphatic heterocycles. The minimum atomic E-state index is -1.34. The molecule has 0 saturated carbocycles. The fourth-order valence-corrected chi connectivity index (χ4v) is 3.04. The number of methoxy groups -OCH3 is 2. The van der Waals surface area contributed by atoms with Gasteiger partial charge in [0.25, 0.3) is 5.91 Å². The second kappa shape index (κ2) is 7.85. The van der Waals surface area contributed by atoms with E-state index >= 15 is 0 Å². The number of ether oxygens (including phenoxy) is 2. The molecule has 6 heteroatoms. The van der Waals surface area contributed by atoms with E-state index in [1.54, 1.807) is 19.1 Å².